The van der Waals surface area contributed by atoms with Crippen LogP contribution in [0.2, 0.25) is 0 Å². The van der Waals surface area contributed by atoms with E-state index < -0.39 is 0 Å². The zero-order chi connectivity index (χ0) is 9.90. The smallest absolute Gasteiger partial charge is 0.418 e. The summed E-state index contributed by atoms with van der Waals surface area (Å²) in [5.41, 5.74) is 1.34. The lowest BCUT2D eigenvalue weighted by molar-refractivity contribution is 0.442. The van der Waals surface area contributed by atoms with Crippen molar-refractivity contribution >= 4 is 6.47 Å². The monoisotopic (exact) mass is 177 g/mol. The Morgan fingerprint density at radius 1 is 1.15 bits per heavy atom. The number of hydrogen-bond donors (Lipinski definition) is 0. The minimum Gasteiger partial charge on any atom is -0.418 e. The van der Waals surface area contributed by atoms with Crippen molar-refractivity contribution in [2.75, 3.05) is 0 Å². The van der Waals surface area contributed by atoms with Crippen LogP contribution >= 0.6 is 0 Å². The molecule has 1 aromatic rings. The summed E-state index contributed by atoms with van der Waals surface area (Å²) in [6.45, 7) is 7.79. The first kappa shape index (κ1) is 9.78. The normalized spacial score (nSPS) is 11.0. The Morgan fingerprint density at radius 3 is 2.08 bits per heavy atom. The van der Waals surface area contributed by atoms with Crippen LogP contribution in [0.5, 0.6) is 5.75 Å². The predicted molar refractivity (Wildman–Crippen MR) is 51.5 cm³/mol. The van der Waals surface area contributed by atoms with Gasteiger partial charge < -0.3 is 4.74 Å². The predicted octanol–water partition coefficient (Wildman–Crippen LogP) is 2.43. The minimum absolute atomic E-state index is 0.128. The fourth-order valence-corrected chi connectivity index (χ4v) is 1.07. The summed E-state index contributed by atoms with van der Waals surface area (Å²) < 4.78 is 4.57. The van der Waals surface area contributed by atoms with Gasteiger partial charge in [-0.05, 0) is 23.1 Å². The number of carbonyl (C=O) groups excluding carboxylic acids is 1. The fourth-order valence-electron chi connectivity index (χ4n) is 1.07. The number of hydrogen-bond acceptors (Lipinski definition) is 2. The molecule has 0 saturated carbocycles. The van der Waals surface area contributed by atoms with Gasteiger partial charge in [0.15, 0.2) is 0 Å². The molecule has 0 unspecified atom stereocenters. The first-order chi connectivity index (χ1) is 6.04. The SMILES string of the molecule is CC(C)(C)c1ccc(O[C]=O)cc1. The molecule has 2 heteroatoms. The van der Waals surface area contributed by atoms with E-state index in [0.717, 1.165) is 0 Å². The maximum atomic E-state index is 9.91. The quantitative estimate of drug-likeness (QED) is 0.693. The summed E-state index contributed by atoms with van der Waals surface area (Å²) >= 11 is 0. The van der Waals surface area contributed by atoms with E-state index in [1.807, 2.05) is 12.1 Å². The number of ether oxygens (including phenoxy) is 1. The Labute approximate surface area is 78.5 Å². The second-order valence-electron chi connectivity index (χ2n) is 3.96. The van der Waals surface area contributed by atoms with E-state index in [1.54, 1.807) is 12.1 Å². The van der Waals surface area contributed by atoms with Gasteiger partial charge in [0.05, 0.1) is 0 Å². The molecule has 0 N–H and O–H groups in total. The van der Waals surface area contributed by atoms with E-state index in [-0.39, 0.29) is 5.41 Å². The first-order valence-corrected chi connectivity index (χ1v) is 4.18. The third-order valence-electron chi connectivity index (χ3n) is 1.88. The minimum atomic E-state index is 0.128. The molecule has 1 aromatic carbocycles. The van der Waals surface area contributed by atoms with Gasteiger partial charge in [-0.25, -0.2) is 4.79 Å². The zero-order valence-corrected chi connectivity index (χ0v) is 8.13. The highest BCUT2D eigenvalue weighted by Crippen LogP contribution is 2.23. The Balaban J connectivity index is 2.87. The summed E-state index contributed by atoms with van der Waals surface area (Å²) in [6.07, 6.45) is 0. The van der Waals surface area contributed by atoms with Gasteiger partial charge in [-0.15, -0.1) is 0 Å². The Kier molecular flexibility index (Phi) is 2.71. The van der Waals surface area contributed by atoms with Gasteiger partial charge in [0.1, 0.15) is 5.75 Å². The third kappa shape index (κ3) is 2.58. The molecule has 0 saturated heterocycles. The largest absolute Gasteiger partial charge is 0.423 e. The molecule has 0 aliphatic rings. The molecular weight excluding hydrogens is 164 g/mol. The van der Waals surface area contributed by atoms with E-state index >= 15 is 0 Å². The van der Waals surface area contributed by atoms with Crippen molar-refractivity contribution in [2.24, 2.45) is 0 Å². The van der Waals surface area contributed by atoms with Crippen LogP contribution in [-0.2, 0) is 10.2 Å². The molecule has 2 nitrogen and oxygen atoms in total. The molecule has 1 radical (unpaired) electrons. The van der Waals surface area contributed by atoms with Crippen LogP contribution in [0.3, 0.4) is 0 Å². The van der Waals surface area contributed by atoms with Gasteiger partial charge >= 0.3 is 6.47 Å². The average Bonchev–Trinajstić information content (AvgIpc) is 2.04. The lowest BCUT2D eigenvalue weighted by Gasteiger charge is -2.18. The molecule has 0 atom stereocenters. The van der Waals surface area contributed by atoms with Crippen molar-refractivity contribution in [2.45, 2.75) is 26.2 Å². The summed E-state index contributed by atoms with van der Waals surface area (Å²) in [4.78, 5) is 9.91. The second-order valence-corrected chi connectivity index (χ2v) is 3.96. The van der Waals surface area contributed by atoms with Crippen LogP contribution in [-0.4, -0.2) is 6.47 Å². The second kappa shape index (κ2) is 3.60. The molecule has 69 valence electrons. The van der Waals surface area contributed by atoms with Crippen molar-refractivity contribution in [3.63, 3.8) is 0 Å². The van der Waals surface area contributed by atoms with E-state index in [0.29, 0.717) is 5.75 Å². The summed E-state index contributed by atoms with van der Waals surface area (Å²) in [6, 6.07) is 7.44. The fraction of sp³-hybridized carbons (Fsp3) is 0.364. The summed E-state index contributed by atoms with van der Waals surface area (Å²) in [5, 5.41) is 0. The Bertz CT molecular complexity index is 280. The maximum Gasteiger partial charge on any atom is 0.423 e. The molecule has 0 spiro atoms. The Morgan fingerprint density at radius 2 is 1.69 bits per heavy atom. The number of benzene rings is 1. The molecule has 13 heavy (non-hydrogen) atoms. The third-order valence-corrected chi connectivity index (χ3v) is 1.88. The summed E-state index contributed by atoms with van der Waals surface area (Å²) in [7, 11) is 0. The summed E-state index contributed by atoms with van der Waals surface area (Å²) in [5.74, 6) is 0.531. The van der Waals surface area contributed by atoms with Gasteiger partial charge in [-0.2, -0.15) is 0 Å². The van der Waals surface area contributed by atoms with E-state index in [2.05, 4.69) is 25.5 Å². The van der Waals surface area contributed by atoms with Crippen molar-refractivity contribution in [3.05, 3.63) is 29.8 Å². The van der Waals surface area contributed by atoms with Gasteiger partial charge in [0.25, 0.3) is 0 Å². The molecule has 0 aromatic heterocycles. The lowest BCUT2D eigenvalue weighted by atomic mass is 9.87. The van der Waals surface area contributed by atoms with Crippen LogP contribution in [0.15, 0.2) is 24.3 Å². The molecule has 0 aliphatic heterocycles. The van der Waals surface area contributed by atoms with Gasteiger partial charge in [0.2, 0.25) is 0 Å². The highest BCUT2D eigenvalue weighted by molar-refractivity contribution is 5.46. The van der Waals surface area contributed by atoms with Crippen molar-refractivity contribution in [1.29, 1.82) is 0 Å². The molecule has 0 amide bonds. The highest BCUT2D eigenvalue weighted by atomic mass is 16.5. The number of rotatable bonds is 2. The van der Waals surface area contributed by atoms with Gasteiger partial charge in [-0.1, -0.05) is 32.9 Å². The topological polar surface area (TPSA) is 26.3 Å². The Hall–Kier alpha value is -1.31. The van der Waals surface area contributed by atoms with Crippen LogP contribution in [0.25, 0.3) is 0 Å². The van der Waals surface area contributed by atoms with E-state index in [9.17, 15) is 4.79 Å². The van der Waals surface area contributed by atoms with Gasteiger partial charge in [0, 0.05) is 0 Å². The molecule has 0 aliphatic carbocycles. The highest BCUT2D eigenvalue weighted by Gasteiger charge is 2.12. The van der Waals surface area contributed by atoms with Crippen molar-refractivity contribution in [1.82, 2.24) is 0 Å². The lowest BCUT2D eigenvalue weighted by Crippen LogP contribution is -2.10. The molecule has 0 fully saturated rings. The molecular formula is C11H13O2. The zero-order valence-electron chi connectivity index (χ0n) is 8.13. The van der Waals surface area contributed by atoms with Crippen molar-refractivity contribution < 1.29 is 9.53 Å². The maximum absolute atomic E-state index is 9.91. The van der Waals surface area contributed by atoms with Crippen molar-refractivity contribution in [3.8, 4) is 5.75 Å². The van der Waals surface area contributed by atoms with E-state index in [4.69, 9.17) is 0 Å². The van der Waals surface area contributed by atoms with Crippen LogP contribution in [0.4, 0.5) is 0 Å². The first-order valence-electron chi connectivity index (χ1n) is 4.18. The molecule has 0 bridgehead atoms. The van der Waals surface area contributed by atoms with Gasteiger partial charge in [-0.3, -0.25) is 0 Å². The van der Waals surface area contributed by atoms with Crippen LogP contribution in [0, 0.1) is 0 Å². The molecule has 1 rings (SSSR count). The average molecular weight is 177 g/mol. The molecule has 0 heterocycles. The van der Waals surface area contributed by atoms with E-state index in [1.165, 1.54) is 12.0 Å². The van der Waals surface area contributed by atoms with Crippen LogP contribution in [0.1, 0.15) is 26.3 Å². The van der Waals surface area contributed by atoms with Crippen LogP contribution < -0.4 is 4.74 Å². The standard InChI is InChI=1S/C11H13O2/c1-11(2,3)9-4-6-10(7-5-9)13-8-12/h4-7H,1-3H3.